The van der Waals surface area contributed by atoms with Crippen molar-refractivity contribution in [1.29, 1.82) is 0 Å². The molecule has 0 aliphatic rings. The first-order valence-corrected chi connectivity index (χ1v) is 13.4. The number of rotatable bonds is 10. The number of hydrogen-bond donors (Lipinski definition) is 1. The van der Waals surface area contributed by atoms with Crippen molar-refractivity contribution in [2.45, 2.75) is 65.6 Å². The van der Waals surface area contributed by atoms with Gasteiger partial charge >= 0.3 is 0 Å². The van der Waals surface area contributed by atoms with Gasteiger partial charge in [0, 0.05) is 25.0 Å². The highest BCUT2D eigenvalue weighted by Crippen LogP contribution is 2.23. The van der Waals surface area contributed by atoms with E-state index in [0.29, 0.717) is 11.3 Å². The van der Waals surface area contributed by atoms with Crippen LogP contribution in [0.2, 0.25) is 0 Å². The van der Waals surface area contributed by atoms with Crippen LogP contribution in [0.1, 0.15) is 51.7 Å². The zero-order valence-electron chi connectivity index (χ0n) is 21.3. The lowest BCUT2D eigenvalue weighted by atomic mass is 10.1. The summed E-state index contributed by atoms with van der Waals surface area (Å²) >= 11 is 0. The summed E-state index contributed by atoms with van der Waals surface area (Å²) in [5.41, 5.74) is 1.60. The number of halogens is 1. The Kier molecular flexibility index (Phi) is 9.43. The van der Waals surface area contributed by atoms with Gasteiger partial charge in [0.15, 0.2) is 0 Å². The summed E-state index contributed by atoms with van der Waals surface area (Å²) in [6.07, 6.45) is 1.46. The number of nitrogens with zero attached hydrogens (tertiary/aromatic N) is 2. The highest BCUT2D eigenvalue weighted by Gasteiger charge is 2.28. The molecule has 0 heterocycles. The summed E-state index contributed by atoms with van der Waals surface area (Å²) in [6, 6.07) is 12.2. The maximum Gasteiger partial charge on any atom is 0.242 e. The Morgan fingerprint density at radius 1 is 1.06 bits per heavy atom. The molecule has 0 spiro atoms. The van der Waals surface area contributed by atoms with Gasteiger partial charge in [-0.25, -0.2) is 12.8 Å². The SMILES string of the molecule is Cc1ccccc1N(CCCC(=O)N(Cc1ccc(F)cc1)[C@@H](C)C(=O)NC(C)(C)C)S(C)(=O)=O. The normalized spacial score (nSPS) is 12.7. The minimum Gasteiger partial charge on any atom is -0.350 e. The second kappa shape index (κ2) is 11.7. The molecule has 0 unspecified atom stereocenters. The third kappa shape index (κ3) is 8.65. The average Bonchev–Trinajstić information content (AvgIpc) is 2.74. The molecule has 7 nitrogen and oxygen atoms in total. The van der Waals surface area contributed by atoms with Gasteiger partial charge in [-0.05, 0) is 70.4 Å². The van der Waals surface area contributed by atoms with Crippen LogP contribution in [0.25, 0.3) is 0 Å². The molecule has 0 saturated carbocycles. The Labute approximate surface area is 208 Å². The van der Waals surface area contributed by atoms with E-state index in [1.54, 1.807) is 31.2 Å². The first-order valence-electron chi connectivity index (χ1n) is 11.6. The molecule has 0 radical (unpaired) electrons. The van der Waals surface area contributed by atoms with E-state index < -0.39 is 21.6 Å². The molecule has 2 aromatic carbocycles. The van der Waals surface area contributed by atoms with Crippen molar-refractivity contribution < 1.29 is 22.4 Å². The van der Waals surface area contributed by atoms with Crippen molar-refractivity contribution in [1.82, 2.24) is 10.2 Å². The van der Waals surface area contributed by atoms with Crippen LogP contribution in [-0.2, 0) is 26.2 Å². The smallest absolute Gasteiger partial charge is 0.242 e. The highest BCUT2D eigenvalue weighted by atomic mass is 32.2. The highest BCUT2D eigenvalue weighted by molar-refractivity contribution is 7.92. The van der Waals surface area contributed by atoms with Crippen LogP contribution in [0.15, 0.2) is 48.5 Å². The van der Waals surface area contributed by atoms with Crippen LogP contribution in [0.3, 0.4) is 0 Å². The molecule has 1 atom stereocenters. The Balaban J connectivity index is 2.19. The molecule has 0 fully saturated rings. The van der Waals surface area contributed by atoms with Crippen LogP contribution >= 0.6 is 0 Å². The molecular formula is C26H36FN3O4S. The van der Waals surface area contributed by atoms with Gasteiger partial charge in [0.2, 0.25) is 21.8 Å². The minimum absolute atomic E-state index is 0.0479. The first kappa shape index (κ1) is 28.3. The van der Waals surface area contributed by atoms with Gasteiger partial charge < -0.3 is 10.2 Å². The third-order valence-corrected chi connectivity index (χ3v) is 6.65. The van der Waals surface area contributed by atoms with Gasteiger partial charge in [-0.15, -0.1) is 0 Å². The van der Waals surface area contributed by atoms with Crippen LogP contribution < -0.4 is 9.62 Å². The van der Waals surface area contributed by atoms with E-state index >= 15 is 0 Å². The quantitative estimate of drug-likeness (QED) is 0.529. The molecule has 35 heavy (non-hydrogen) atoms. The number of hydrogen-bond acceptors (Lipinski definition) is 4. The topological polar surface area (TPSA) is 86.8 Å². The van der Waals surface area contributed by atoms with Gasteiger partial charge in [-0.2, -0.15) is 0 Å². The monoisotopic (exact) mass is 505 g/mol. The molecule has 0 bridgehead atoms. The summed E-state index contributed by atoms with van der Waals surface area (Å²) in [6.45, 7) is 9.31. The van der Waals surface area contributed by atoms with Crippen molar-refractivity contribution in [3.05, 3.63) is 65.5 Å². The summed E-state index contributed by atoms with van der Waals surface area (Å²) < 4.78 is 39.5. The summed E-state index contributed by atoms with van der Waals surface area (Å²) in [5, 5.41) is 2.89. The first-order chi connectivity index (χ1) is 16.2. The molecule has 1 N–H and O–H groups in total. The second-order valence-corrected chi connectivity index (χ2v) is 11.7. The van der Waals surface area contributed by atoms with E-state index in [-0.39, 0.29) is 43.6 Å². The number of sulfonamides is 1. The fraction of sp³-hybridized carbons (Fsp3) is 0.462. The molecule has 2 rings (SSSR count). The molecule has 0 saturated heterocycles. The van der Waals surface area contributed by atoms with Gasteiger partial charge in [-0.3, -0.25) is 13.9 Å². The number of para-hydroxylation sites is 1. The summed E-state index contributed by atoms with van der Waals surface area (Å²) in [5.74, 6) is -0.975. The summed E-state index contributed by atoms with van der Waals surface area (Å²) in [4.78, 5) is 27.5. The average molecular weight is 506 g/mol. The third-order valence-electron chi connectivity index (χ3n) is 5.47. The number of benzene rings is 2. The summed E-state index contributed by atoms with van der Waals surface area (Å²) in [7, 11) is -3.55. The fourth-order valence-electron chi connectivity index (χ4n) is 3.67. The molecule has 0 aliphatic heterocycles. The van der Waals surface area contributed by atoms with E-state index in [1.165, 1.54) is 21.3 Å². The van der Waals surface area contributed by atoms with Crippen LogP contribution in [-0.4, -0.2) is 49.5 Å². The lowest BCUT2D eigenvalue weighted by Gasteiger charge is -2.32. The van der Waals surface area contributed by atoms with E-state index in [1.807, 2.05) is 39.8 Å². The molecule has 2 amide bonds. The number of anilines is 1. The van der Waals surface area contributed by atoms with Crippen molar-refractivity contribution in [3.63, 3.8) is 0 Å². The molecule has 0 aromatic heterocycles. The van der Waals surface area contributed by atoms with Crippen molar-refractivity contribution >= 4 is 27.5 Å². The predicted molar refractivity (Wildman–Crippen MR) is 137 cm³/mol. The van der Waals surface area contributed by atoms with Crippen molar-refractivity contribution in [3.8, 4) is 0 Å². The van der Waals surface area contributed by atoms with Gasteiger partial charge in [0.25, 0.3) is 0 Å². The van der Waals surface area contributed by atoms with Gasteiger partial charge in [-0.1, -0.05) is 30.3 Å². The molecule has 0 aliphatic carbocycles. The standard InChI is InChI=1S/C26H36FN3O4S/c1-19-10-7-8-11-23(19)30(35(6,33)34)17-9-12-24(31)29(18-21-13-15-22(27)16-14-21)20(2)25(32)28-26(3,4)5/h7-8,10-11,13-16,20H,9,12,17-18H2,1-6H3,(H,28,32)/t20-/m0/s1. The van der Waals surface area contributed by atoms with Crippen molar-refractivity contribution in [2.75, 3.05) is 17.1 Å². The minimum atomic E-state index is -3.55. The second-order valence-electron chi connectivity index (χ2n) is 9.79. The Hall–Kier alpha value is -2.94. The van der Waals surface area contributed by atoms with Crippen LogP contribution in [0.5, 0.6) is 0 Å². The zero-order chi connectivity index (χ0) is 26.4. The Morgan fingerprint density at radius 2 is 1.66 bits per heavy atom. The Morgan fingerprint density at radius 3 is 2.20 bits per heavy atom. The molecular weight excluding hydrogens is 469 g/mol. The van der Waals surface area contributed by atoms with E-state index in [2.05, 4.69) is 5.32 Å². The number of nitrogens with one attached hydrogen (secondary N) is 1. The lowest BCUT2D eigenvalue weighted by Crippen LogP contribution is -2.52. The zero-order valence-corrected chi connectivity index (χ0v) is 22.2. The predicted octanol–water partition coefficient (Wildman–Crippen LogP) is 4.01. The lowest BCUT2D eigenvalue weighted by molar-refractivity contribution is -0.141. The van der Waals surface area contributed by atoms with E-state index in [4.69, 9.17) is 0 Å². The molecule has 192 valence electrons. The van der Waals surface area contributed by atoms with Gasteiger partial charge in [0.1, 0.15) is 11.9 Å². The molecule has 2 aromatic rings. The van der Waals surface area contributed by atoms with E-state index in [9.17, 15) is 22.4 Å². The maximum atomic E-state index is 13.4. The molecule has 9 heteroatoms. The fourth-order valence-corrected chi connectivity index (χ4v) is 4.69. The van der Waals surface area contributed by atoms with E-state index in [0.717, 1.165) is 11.8 Å². The number of carbonyl (C=O) groups is 2. The largest absolute Gasteiger partial charge is 0.350 e. The number of aryl methyl sites for hydroxylation is 1. The van der Waals surface area contributed by atoms with Crippen LogP contribution in [0, 0.1) is 12.7 Å². The number of carbonyl (C=O) groups excluding carboxylic acids is 2. The van der Waals surface area contributed by atoms with Crippen molar-refractivity contribution in [2.24, 2.45) is 0 Å². The van der Waals surface area contributed by atoms with Gasteiger partial charge in [0.05, 0.1) is 11.9 Å². The van der Waals surface area contributed by atoms with Crippen LogP contribution in [0.4, 0.5) is 10.1 Å². The maximum absolute atomic E-state index is 13.4. The number of amides is 2. The Bertz CT molecular complexity index is 1130.